The smallest absolute Gasteiger partial charge is 0.308 e. The molecule has 6 nitrogen and oxygen atoms in total. The Labute approximate surface area is 204 Å². The molecule has 10 atom stereocenters. The third-order valence-electron chi connectivity index (χ3n) is 11.0. The summed E-state index contributed by atoms with van der Waals surface area (Å²) in [4.78, 5) is 37.8. The minimum absolute atomic E-state index is 0.00611. The van der Waals surface area contributed by atoms with Crippen molar-refractivity contribution in [2.45, 2.75) is 91.6 Å². The lowest BCUT2D eigenvalue weighted by atomic mass is 9.43. The van der Waals surface area contributed by atoms with Crippen molar-refractivity contribution in [3.05, 3.63) is 0 Å². The molecule has 0 heterocycles. The first-order chi connectivity index (χ1) is 16.1. The lowest BCUT2D eigenvalue weighted by Gasteiger charge is -2.61. The van der Waals surface area contributed by atoms with Crippen molar-refractivity contribution < 1.29 is 29.0 Å². The molecule has 0 saturated heterocycles. The van der Waals surface area contributed by atoms with Gasteiger partial charge in [0.05, 0.1) is 25.7 Å². The summed E-state index contributed by atoms with van der Waals surface area (Å²) >= 11 is 0. The highest BCUT2D eigenvalue weighted by Crippen LogP contribution is 2.68. The average Bonchev–Trinajstić information content (AvgIpc) is 3.16. The molecular weight excluding hydrogens is 432 g/mol. The largest absolute Gasteiger partial charge is 0.469 e. The SMILES string of the molecule is CCOC(=O)[C@H]1CC[C@@]2(C)[C@@H](CC(=O)[C@@H]3[C@@H]2C[C@H](O)[C@]2(C)[C@@H]([C@@H](C)CCC(=O)OC)CC[C@@H]32)C1. The first-order valence-corrected chi connectivity index (χ1v) is 13.5. The Morgan fingerprint density at radius 1 is 1.15 bits per heavy atom. The molecule has 0 amide bonds. The van der Waals surface area contributed by atoms with E-state index in [0.717, 1.165) is 38.5 Å². The fourth-order valence-corrected chi connectivity index (χ4v) is 8.99. The number of hydrogen-bond acceptors (Lipinski definition) is 6. The lowest BCUT2D eigenvalue weighted by molar-refractivity contribution is -0.183. The van der Waals surface area contributed by atoms with Crippen molar-refractivity contribution in [3.8, 4) is 0 Å². The van der Waals surface area contributed by atoms with Crippen molar-refractivity contribution >= 4 is 17.7 Å². The van der Waals surface area contributed by atoms with Crippen LogP contribution in [0.25, 0.3) is 0 Å². The second-order valence-corrected chi connectivity index (χ2v) is 12.2. The van der Waals surface area contributed by atoms with Crippen LogP contribution in [-0.2, 0) is 23.9 Å². The number of rotatable bonds is 6. The Kier molecular flexibility index (Phi) is 7.21. The normalized spacial score (nSPS) is 44.4. The number of methoxy groups -OCH3 is 1. The van der Waals surface area contributed by atoms with E-state index in [0.29, 0.717) is 43.5 Å². The quantitative estimate of drug-likeness (QED) is 0.565. The number of hydrogen-bond donors (Lipinski definition) is 1. The number of ether oxygens (including phenoxy) is 2. The molecule has 0 bridgehead atoms. The van der Waals surface area contributed by atoms with E-state index in [4.69, 9.17) is 9.47 Å². The van der Waals surface area contributed by atoms with Gasteiger partial charge in [0.1, 0.15) is 5.78 Å². The van der Waals surface area contributed by atoms with E-state index in [1.807, 2.05) is 6.92 Å². The molecule has 0 aromatic carbocycles. The number of fused-ring (bicyclic) bond motifs is 5. The first-order valence-electron chi connectivity index (χ1n) is 13.5. The molecule has 4 fully saturated rings. The predicted octanol–water partition coefficient (Wildman–Crippen LogP) is 4.56. The van der Waals surface area contributed by atoms with Crippen LogP contribution in [-0.4, -0.2) is 42.6 Å². The summed E-state index contributed by atoms with van der Waals surface area (Å²) in [6.07, 6.45) is 6.37. The second kappa shape index (κ2) is 9.55. The van der Waals surface area contributed by atoms with Crippen LogP contribution in [0.3, 0.4) is 0 Å². The van der Waals surface area contributed by atoms with Gasteiger partial charge in [-0.2, -0.15) is 0 Å². The van der Waals surface area contributed by atoms with E-state index < -0.39 is 6.10 Å². The number of aliphatic hydroxyl groups is 1. The van der Waals surface area contributed by atoms with Gasteiger partial charge in [-0.25, -0.2) is 0 Å². The van der Waals surface area contributed by atoms with E-state index in [-0.39, 0.29) is 52.4 Å². The van der Waals surface area contributed by atoms with Gasteiger partial charge < -0.3 is 14.6 Å². The van der Waals surface area contributed by atoms with E-state index in [1.165, 1.54) is 7.11 Å². The van der Waals surface area contributed by atoms with Crippen LogP contribution in [0.2, 0.25) is 0 Å². The molecule has 0 radical (unpaired) electrons. The molecule has 4 saturated carbocycles. The maximum absolute atomic E-state index is 13.7. The number of esters is 2. The number of carbonyl (C=O) groups excluding carboxylic acids is 3. The maximum Gasteiger partial charge on any atom is 0.308 e. The van der Waals surface area contributed by atoms with Gasteiger partial charge in [0, 0.05) is 24.2 Å². The van der Waals surface area contributed by atoms with Crippen molar-refractivity contribution in [2.24, 2.45) is 52.3 Å². The van der Waals surface area contributed by atoms with Crippen LogP contribution in [0.1, 0.15) is 85.5 Å². The summed E-state index contributed by atoms with van der Waals surface area (Å²) in [5.41, 5.74) is -0.309. The number of ketones is 1. The van der Waals surface area contributed by atoms with E-state index in [1.54, 1.807) is 0 Å². The Morgan fingerprint density at radius 2 is 1.88 bits per heavy atom. The standard InChI is InChI=1S/C28H44O6/c1-6-34-26(32)17-11-12-27(3)18(13-17)14-22(29)25-20-9-8-19(16(2)7-10-24(31)33-5)28(20,4)23(30)15-21(25)27/h16-21,23,25,30H,6-15H2,1-5H3/t16-,17-,18+,19+,20-,21-,23-,25-,27-,28+/m0/s1. The summed E-state index contributed by atoms with van der Waals surface area (Å²) < 4.78 is 10.1. The first kappa shape index (κ1) is 25.7. The van der Waals surface area contributed by atoms with Crippen LogP contribution in [0.15, 0.2) is 0 Å². The van der Waals surface area contributed by atoms with Gasteiger partial charge in [0.25, 0.3) is 0 Å². The highest BCUT2D eigenvalue weighted by atomic mass is 16.5. The Morgan fingerprint density at radius 3 is 2.56 bits per heavy atom. The van der Waals surface area contributed by atoms with Gasteiger partial charge in [0.15, 0.2) is 0 Å². The molecule has 4 aliphatic carbocycles. The molecule has 0 spiro atoms. The molecule has 0 aliphatic heterocycles. The number of carbonyl (C=O) groups is 3. The summed E-state index contributed by atoms with van der Waals surface area (Å²) in [6.45, 7) is 8.96. The maximum atomic E-state index is 13.7. The van der Waals surface area contributed by atoms with Gasteiger partial charge >= 0.3 is 11.9 Å². The average molecular weight is 477 g/mol. The molecule has 4 rings (SSSR count). The molecular formula is C28H44O6. The van der Waals surface area contributed by atoms with Crippen molar-refractivity contribution in [2.75, 3.05) is 13.7 Å². The van der Waals surface area contributed by atoms with Crippen LogP contribution < -0.4 is 0 Å². The predicted molar refractivity (Wildman–Crippen MR) is 128 cm³/mol. The Hall–Kier alpha value is -1.43. The van der Waals surface area contributed by atoms with Crippen LogP contribution in [0.5, 0.6) is 0 Å². The number of Topliss-reactive ketones (excluding diaryl/α,β-unsaturated/α-hetero) is 1. The van der Waals surface area contributed by atoms with E-state index in [2.05, 4.69) is 20.8 Å². The molecule has 1 N–H and O–H groups in total. The second-order valence-electron chi connectivity index (χ2n) is 12.2. The summed E-state index contributed by atoms with van der Waals surface area (Å²) in [5.74, 6) is 1.11. The molecule has 6 heteroatoms. The fraction of sp³-hybridized carbons (Fsp3) is 0.893. The molecule has 192 valence electrons. The highest BCUT2D eigenvalue weighted by molar-refractivity contribution is 5.84. The van der Waals surface area contributed by atoms with Crippen molar-refractivity contribution in [1.82, 2.24) is 0 Å². The molecule has 0 unspecified atom stereocenters. The van der Waals surface area contributed by atoms with E-state index >= 15 is 0 Å². The molecule has 4 aliphatic rings. The third-order valence-corrected chi connectivity index (χ3v) is 11.0. The van der Waals surface area contributed by atoms with Gasteiger partial charge in [-0.1, -0.05) is 20.8 Å². The molecule has 0 aromatic heterocycles. The van der Waals surface area contributed by atoms with Crippen molar-refractivity contribution in [1.29, 1.82) is 0 Å². The van der Waals surface area contributed by atoms with Gasteiger partial charge in [-0.3, -0.25) is 14.4 Å². The third kappa shape index (κ3) is 4.02. The van der Waals surface area contributed by atoms with Crippen molar-refractivity contribution in [3.63, 3.8) is 0 Å². The van der Waals surface area contributed by atoms with Gasteiger partial charge in [-0.05, 0) is 86.9 Å². The monoisotopic (exact) mass is 476 g/mol. The zero-order valence-corrected chi connectivity index (χ0v) is 21.7. The van der Waals surface area contributed by atoms with Gasteiger partial charge in [0.2, 0.25) is 0 Å². The summed E-state index contributed by atoms with van der Waals surface area (Å²) in [7, 11) is 1.42. The minimum atomic E-state index is -0.446. The fourth-order valence-electron chi connectivity index (χ4n) is 8.99. The van der Waals surface area contributed by atoms with Crippen LogP contribution >= 0.6 is 0 Å². The minimum Gasteiger partial charge on any atom is -0.469 e. The zero-order valence-electron chi connectivity index (χ0n) is 21.7. The molecule has 0 aromatic rings. The highest BCUT2D eigenvalue weighted by Gasteiger charge is 2.66. The van der Waals surface area contributed by atoms with E-state index in [9.17, 15) is 19.5 Å². The summed E-state index contributed by atoms with van der Waals surface area (Å²) in [6, 6.07) is 0. The number of aliphatic hydroxyl groups excluding tert-OH is 1. The van der Waals surface area contributed by atoms with Gasteiger partial charge in [-0.15, -0.1) is 0 Å². The lowest BCUT2D eigenvalue weighted by Crippen LogP contribution is -2.61. The molecule has 34 heavy (non-hydrogen) atoms. The zero-order chi connectivity index (χ0) is 24.8. The summed E-state index contributed by atoms with van der Waals surface area (Å²) in [5, 5.41) is 11.6. The van der Waals surface area contributed by atoms with Crippen LogP contribution in [0.4, 0.5) is 0 Å². The topological polar surface area (TPSA) is 89.9 Å². The Balaban J connectivity index is 1.54. The van der Waals surface area contributed by atoms with Crippen LogP contribution in [0, 0.1) is 52.3 Å². The Bertz CT molecular complexity index is 809.